The van der Waals surface area contributed by atoms with Gasteiger partial charge in [0.05, 0.1) is 21.2 Å². The van der Waals surface area contributed by atoms with E-state index >= 15 is 0 Å². The molecule has 0 radical (unpaired) electrons. The number of aromatic carboxylic acids is 1. The van der Waals surface area contributed by atoms with E-state index in [4.69, 9.17) is 4.98 Å². The van der Waals surface area contributed by atoms with Gasteiger partial charge in [0.25, 0.3) is 0 Å². The van der Waals surface area contributed by atoms with Crippen LogP contribution in [0, 0.1) is 0 Å². The standard InChI is InChI=1S/C22H19BrN2O3/c1-2-25-11-14(9-13-7-8-19(26)17(23)10-13)21-16(12-25)20(22(27)28)15-5-3-4-6-18(15)24-21/h3-10,26H,2,11-12H2,1H3,(H,27,28)/b14-9+. The lowest BCUT2D eigenvalue weighted by atomic mass is 9.92. The summed E-state index contributed by atoms with van der Waals surface area (Å²) in [7, 11) is 0. The number of carbonyl (C=O) groups is 1. The lowest BCUT2D eigenvalue weighted by Gasteiger charge is -2.30. The molecule has 1 aliphatic heterocycles. The fourth-order valence-corrected chi connectivity index (χ4v) is 4.06. The summed E-state index contributed by atoms with van der Waals surface area (Å²) in [5.41, 5.74) is 4.38. The summed E-state index contributed by atoms with van der Waals surface area (Å²) in [6.45, 7) is 4.12. The second-order valence-corrected chi connectivity index (χ2v) is 7.67. The van der Waals surface area contributed by atoms with Gasteiger partial charge in [-0.1, -0.05) is 31.2 Å². The van der Waals surface area contributed by atoms with Gasteiger partial charge >= 0.3 is 5.97 Å². The minimum Gasteiger partial charge on any atom is -0.507 e. The number of hydrogen-bond donors (Lipinski definition) is 2. The van der Waals surface area contributed by atoms with Crippen molar-refractivity contribution in [2.24, 2.45) is 0 Å². The molecule has 0 fully saturated rings. The molecule has 4 rings (SSSR count). The van der Waals surface area contributed by atoms with Crippen molar-refractivity contribution in [1.82, 2.24) is 9.88 Å². The molecule has 2 heterocycles. The van der Waals surface area contributed by atoms with Gasteiger partial charge in [-0.3, -0.25) is 4.90 Å². The third-order valence-electron chi connectivity index (χ3n) is 5.05. The van der Waals surface area contributed by atoms with Crippen LogP contribution >= 0.6 is 15.9 Å². The van der Waals surface area contributed by atoms with E-state index in [-0.39, 0.29) is 5.75 Å². The Balaban J connectivity index is 1.97. The first kappa shape index (κ1) is 18.7. The molecule has 0 amide bonds. The Morgan fingerprint density at radius 3 is 2.75 bits per heavy atom. The number of rotatable bonds is 3. The summed E-state index contributed by atoms with van der Waals surface area (Å²) >= 11 is 3.35. The molecular formula is C22H19BrN2O3. The molecular weight excluding hydrogens is 420 g/mol. The predicted molar refractivity (Wildman–Crippen MR) is 113 cm³/mol. The zero-order valence-corrected chi connectivity index (χ0v) is 16.9. The van der Waals surface area contributed by atoms with Gasteiger partial charge in [0.2, 0.25) is 0 Å². The van der Waals surface area contributed by atoms with Gasteiger partial charge in [-0.25, -0.2) is 9.78 Å². The summed E-state index contributed by atoms with van der Waals surface area (Å²) < 4.78 is 0.614. The Labute approximate surface area is 171 Å². The van der Waals surface area contributed by atoms with Gasteiger partial charge in [-0.05, 0) is 57.9 Å². The smallest absolute Gasteiger partial charge is 0.336 e. The molecule has 0 spiro atoms. The highest BCUT2D eigenvalue weighted by molar-refractivity contribution is 9.10. The molecule has 2 aromatic carbocycles. The maximum Gasteiger partial charge on any atom is 0.336 e. The molecule has 6 heteroatoms. The van der Waals surface area contributed by atoms with Crippen molar-refractivity contribution in [1.29, 1.82) is 0 Å². The lowest BCUT2D eigenvalue weighted by molar-refractivity contribution is 0.0696. The lowest BCUT2D eigenvalue weighted by Crippen LogP contribution is -2.31. The highest BCUT2D eigenvalue weighted by atomic mass is 79.9. The largest absolute Gasteiger partial charge is 0.507 e. The first-order chi connectivity index (χ1) is 13.5. The number of carboxylic acid groups (broad SMARTS) is 1. The zero-order chi connectivity index (χ0) is 19.8. The first-order valence-corrected chi connectivity index (χ1v) is 9.84. The Morgan fingerprint density at radius 2 is 2.04 bits per heavy atom. The van der Waals surface area contributed by atoms with Crippen molar-refractivity contribution in [3.63, 3.8) is 0 Å². The molecule has 0 bridgehead atoms. The van der Waals surface area contributed by atoms with E-state index in [2.05, 4.69) is 27.8 Å². The van der Waals surface area contributed by atoms with Gasteiger partial charge in [0, 0.05) is 24.0 Å². The van der Waals surface area contributed by atoms with E-state index in [0.29, 0.717) is 34.0 Å². The second-order valence-electron chi connectivity index (χ2n) is 6.82. The van der Waals surface area contributed by atoms with E-state index in [1.807, 2.05) is 42.5 Å². The molecule has 142 valence electrons. The van der Waals surface area contributed by atoms with Crippen molar-refractivity contribution < 1.29 is 15.0 Å². The minimum absolute atomic E-state index is 0.179. The number of halogens is 1. The topological polar surface area (TPSA) is 73.7 Å². The van der Waals surface area contributed by atoms with Crippen LogP contribution in [0.15, 0.2) is 46.9 Å². The zero-order valence-electron chi connectivity index (χ0n) is 15.3. The summed E-state index contributed by atoms with van der Waals surface area (Å²) in [5.74, 6) is -0.752. The molecule has 3 aromatic rings. The number of para-hydroxylation sites is 1. The molecule has 2 N–H and O–H groups in total. The fourth-order valence-electron chi connectivity index (χ4n) is 3.66. The number of nitrogens with zero attached hydrogens (tertiary/aromatic N) is 2. The van der Waals surface area contributed by atoms with Gasteiger partial charge in [-0.15, -0.1) is 0 Å². The van der Waals surface area contributed by atoms with E-state index in [9.17, 15) is 15.0 Å². The van der Waals surface area contributed by atoms with Crippen LogP contribution < -0.4 is 0 Å². The van der Waals surface area contributed by atoms with Crippen LogP contribution in [0.1, 0.15) is 34.1 Å². The maximum atomic E-state index is 12.1. The third kappa shape index (κ3) is 3.30. The molecule has 0 saturated carbocycles. The van der Waals surface area contributed by atoms with Gasteiger partial charge in [-0.2, -0.15) is 0 Å². The number of benzene rings is 2. The van der Waals surface area contributed by atoms with Gasteiger partial charge in [0.15, 0.2) is 0 Å². The predicted octanol–water partition coefficient (Wildman–Crippen LogP) is 4.78. The summed E-state index contributed by atoms with van der Waals surface area (Å²) in [5, 5.41) is 20.4. The molecule has 0 aliphatic carbocycles. The number of carboxylic acids is 1. The normalized spacial score (nSPS) is 15.7. The molecule has 1 aliphatic rings. The number of fused-ring (bicyclic) bond motifs is 2. The van der Waals surface area contributed by atoms with E-state index in [0.717, 1.165) is 28.9 Å². The average molecular weight is 439 g/mol. The molecule has 5 nitrogen and oxygen atoms in total. The van der Waals surface area contributed by atoms with Gasteiger partial charge in [0.1, 0.15) is 5.75 Å². The highest BCUT2D eigenvalue weighted by Gasteiger charge is 2.27. The first-order valence-electron chi connectivity index (χ1n) is 9.04. The third-order valence-corrected chi connectivity index (χ3v) is 5.68. The molecule has 0 atom stereocenters. The SMILES string of the molecule is CCN1C/C(=C\c2ccc(O)c(Br)c2)c2nc3ccccc3c(C(=O)O)c2C1. The molecule has 28 heavy (non-hydrogen) atoms. The Bertz CT molecular complexity index is 1120. The Morgan fingerprint density at radius 1 is 1.25 bits per heavy atom. The second kappa shape index (κ2) is 7.37. The summed E-state index contributed by atoms with van der Waals surface area (Å²) in [6.07, 6.45) is 2.01. The van der Waals surface area contributed by atoms with Crippen molar-refractivity contribution >= 4 is 44.5 Å². The molecule has 0 unspecified atom stereocenters. The van der Waals surface area contributed by atoms with E-state index in [1.54, 1.807) is 6.07 Å². The van der Waals surface area contributed by atoms with Crippen molar-refractivity contribution in [3.05, 3.63) is 69.3 Å². The van der Waals surface area contributed by atoms with Crippen LogP contribution in [0.25, 0.3) is 22.6 Å². The summed E-state index contributed by atoms with van der Waals surface area (Å²) in [4.78, 5) is 19.2. The number of aromatic hydroxyl groups is 1. The number of aromatic nitrogens is 1. The summed E-state index contributed by atoms with van der Waals surface area (Å²) in [6, 6.07) is 12.7. The van der Waals surface area contributed by atoms with Crippen molar-refractivity contribution in [3.8, 4) is 5.75 Å². The van der Waals surface area contributed by atoms with Crippen molar-refractivity contribution in [2.45, 2.75) is 13.5 Å². The fraction of sp³-hybridized carbons (Fsp3) is 0.182. The number of likely N-dealkylation sites (N-methyl/N-ethyl adjacent to an activating group) is 1. The van der Waals surface area contributed by atoms with Crippen LogP contribution in [0.3, 0.4) is 0 Å². The van der Waals surface area contributed by atoms with Crippen LogP contribution in [0.4, 0.5) is 0 Å². The highest BCUT2D eigenvalue weighted by Crippen LogP contribution is 2.34. The van der Waals surface area contributed by atoms with Crippen LogP contribution in [0.5, 0.6) is 5.75 Å². The molecule has 1 aromatic heterocycles. The molecule has 0 saturated heterocycles. The minimum atomic E-state index is -0.931. The number of phenols is 1. The number of pyridine rings is 1. The monoisotopic (exact) mass is 438 g/mol. The quantitative estimate of drug-likeness (QED) is 0.615. The van der Waals surface area contributed by atoms with Crippen molar-refractivity contribution in [2.75, 3.05) is 13.1 Å². The van der Waals surface area contributed by atoms with E-state index < -0.39 is 5.97 Å². The Hall–Kier alpha value is -2.70. The van der Waals surface area contributed by atoms with Crippen LogP contribution in [-0.4, -0.2) is 39.2 Å². The van der Waals surface area contributed by atoms with Crippen LogP contribution in [0.2, 0.25) is 0 Å². The van der Waals surface area contributed by atoms with Crippen LogP contribution in [-0.2, 0) is 6.54 Å². The average Bonchev–Trinajstić information content (AvgIpc) is 2.68. The number of hydrogen-bond acceptors (Lipinski definition) is 4. The van der Waals surface area contributed by atoms with Gasteiger partial charge < -0.3 is 10.2 Å². The Kier molecular flexibility index (Phi) is 4.91. The number of phenolic OH excluding ortho intramolecular Hbond substituents is 1. The maximum absolute atomic E-state index is 12.1. The van der Waals surface area contributed by atoms with E-state index in [1.165, 1.54) is 0 Å².